The Kier molecular flexibility index (Phi) is 14.8. The lowest BCUT2D eigenvalue weighted by Crippen LogP contribution is -2.47. The van der Waals surface area contributed by atoms with E-state index in [1.54, 1.807) is 6.07 Å². The minimum absolute atomic E-state index is 0.132. The Balaban J connectivity index is 1.10. The zero-order valence-electron chi connectivity index (χ0n) is 35.1. The van der Waals surface area contributed by atoms with Crippen molar-refractivity contribution in [2.45, 2.75) is 34.9 Å². The number of carbonyl (C=O) groups is 1. The van der Waals surface area contributed by atoms with Gasteiger partial charge in [-0.2, -0.15) is 13.2 Å². The van der Waals surface area contributed by atoms with Crippen LogP contribution in [-0.2, 0) is 25.7 Å². The van der Waals surface area contributed by atoms with E-state index in [-0.39, 0.29) is 5.82 Å². The fraction of sp³-hybridized carbons (Fsp3) is 0.356. The molecule has 3 heterocycles. The van der Waals surface area contributed by atoms with Crippen LogP contribution in [0.2, 0.25) is 5.02 Å². The number of ether oxygens (including phenoxy) is 2. The molecule has 0 aliphatic carbocycles. The molecule has 0 amide bonds. The van der Waals surface area contributed by atoms with Gasteiger partial charge in [-0.25, -0.2) is 23.2 Å². The van der Waals surface area contributed by atoms with Crippen molar-refractivity contribution < 1.29 is 35.9 Å². The predicted molar refractivity (Wildman–Crippen MR) is 243 cm³/mol. The van der Waals surface area contributed by atoms with Crippen molar-refractivity contribution >= 4 is 73.0 Å². The van der Waals surface area contributed by atoms with E-state index in [1.165, 1.54) is 29.2 Å². The zero-order chi connectivity index (χ0) is 44.7. The van der Waals surface area contributed by atoms with E-state index in [4.69, 9.17) is 21.1 Å². The number of halogens is 4. The summed E-state index contributed by atoms with van der Waals surface area (Å²) >= 11 is 7.59. The van der Waals surface area contributed by atoms with Gasteiger partial charge < -0.3 is 24.6 Å². The largest absolute Gasteiger partial charge is 0.465 e. The number of aromatic nitrogens is 2. The van der Waals surface area contributed by atoms with Crippen LogP contribution >= 0.6 is 23.4 Å². The first kappa shape index (κ1) is 46.1. The first-order chi connectivity index (χ1) is 30.2. The number of nitrogens with one attached hydrogen (secondary N) is 2. The number of sulfonamides is 1. The van der Waals surface area contributed by atoms with Crippen molar-refractivity contribution in [1.82, 2.24) is 19.8 Å². The summed E-state index contributed by atoms with van der Waals surface area (Å²) in [7, 11) is -0.0319. The second kappa shape index (κ2) is 20.3. The van der Waals surface area contributed by atoms with Gasteiger partial charge in [-0.05, 0) is 105 Å². The van der Waals surface area contributed by atoms with Gasteiger partial charge in [0.1, 0.15) is 6.33 Å². The fourth-order valence-electron chi connectivity index (χ4n) is 7.67. The maximum atomic E-state index is 15.0. The van der Waals surface area contributed by atoms with E-state index >= 15 is 0 Å². The lowest BCUT2D eigenvalue weighted by Gasteiger charge is -2.37. The number of carbonyl (C=O) groups excluding carboxylic acids is 1. The van der Waals surface area contributed by atoms with E-state index in [0.29, 0.717) is 53.9 Å². The van der Waals surface area contributed by atoms with Crippen molar-refractivity contribution in [3.8, 4) is 0 Å². The summed E-state index contributed by atoms with van der Waals surface area (Å²) in [5.74, 6) is -0.907. The van der Waals surface area contributed by atoms with E-state index < -0.39 is 49.9 Å². The Bertz CT molecular complexity index is 2540. The van der Waals surface area contributed by atoms with Crippen molar-refractivity contribution in [3.05, 3.63) is 119 Å². The molecule has 334 valence electrons. The highest BCUT2D eigenvalue weighted by Crippen LogP contribution is 2.40. The maximum Gasteiger partial charge on any atom is 0.418 e. The molecule has 2 aliphatic heterocycles. The number of hydrogen-bond acceptors (Lipinski definition) is 12. The summed E-state index contributed by atoms with van der Waals surface area (Å²) in [6, 6.07) is 23.6. The van der Waals surface area contributed by atoms with Gasteiger partial charge in [-0.1, -0.05) is 41.9 Å². The maximum absolute atomic E-state index is 15.0. The van der Waals surface area contributed by atoms with Gasteiger partial charge >= 0.3 is 12.1 Å². The molecule has 4 aromatic carbocycles. The molecule has 1 atom stereocenters. The number of methoxy groups -OCH3 is 1. The van der Waals surface area contributed by atoms with Crippen LogP contribution in [0.25, 0.3) is 16.5 Å². The second-order valence-corrected chi connectivity index (χ2v) is 18.8. The average Bonchev–Trinajstić information content (AvgIpc) is 3.27. The summed E-state index contributed by atoms with van der Waals surface area (Å²) in [5, 5.41) is 3.99. The third-order valence-electron chi connectivity index (χ3n) is 11.0. The number of alkyl halides is 3. The Labute approximate surface area is 374 Å². The standard InChI is InChI=1S/C45H49ClF3N7O5S2/c1-54(2)17-15-33(28-62-35-7-5-4-6-8-35)52-42-39(44(57)60-3)24-36(25-40(42)45(47,48)49)63(58,59)53-43-38-14-13-34(23-41(38)50-29-51-43)56-20-18-55(19-21-56)26-31-27-61-22-16-37(31)30-9-11-32(46)12-10-30/h4-14,23-25,29,33,52H,15-22,26-28H2,1-3H3,(H,50,51,53). The normalized spacial score (nSPS) is 15.8. The van der Waals surface area contributed by atoms with Crippen molar-refractivity contribution in [1.29, 1.82) is 0 Å². The van der Waals surface area contributed by atoms with Gasteiger partial charge in [0.15, 0.2) is 5.82 Å². The van der Waals surface area contributed by atoms with Gasteiger partial charge in [-0.3, -0.25) is 9.62 Å². The number of thioether (sulfide) groups is 1. The van der Waals surface area contributed by atoms with Gasteiger partial charge in [0.05, 0.1) is 47.6 Å². The third-order valence-corrected chi connectivity index (χ3v) is 13.7. The molecule has 0 saturated carbocycles. The van der Waals surface area contributed by atoms with Crippen LogP contribution in [-0.4, -0.2) is 120 Å². The van der Waals surface area contributed by atoms with Gasteiger partial charge in [-0.15, -0.1) is 11.8 Å². The first-order valence-corrected chi connectivity index (χ1v) is 23.3. The number of anilines is 3. The molecule has 18 heteroatoms. The number of nitrogens with zero attached hydrogens (tertiary/aromatic N) is 5. The monoisotopic (exact) mass is 923 g/mol. The van der Waals surface area contributed by atoms with Crippen LogP contribution < -0.4 is 14.9 Å². The minimum Gasteiger partial charge on any atom is -0.465 e. The molecule has 7 rings (SSSR count). The van der Waals surface area contributed by atoms with Crippen LogP contribution in [0.5, 0.6) is 0 Å². The molecule has 12 nitrogen and oxygen atoms in total. The van der Waals surface area contributed by atoms with Gasteiger partial charge in [0, 0.05) is 65.5 Å². The molecule has 1 unspecified atom stereocenters. The van der Waals surface area contributed by atoms with Gasteiger partial charge in [0.25, 0.3) is 10.0 Å². The lowest BCUT2D eigenvalue weighted by molar-refractivity contribution is -0.137. The van der Waals surface area contributed by atoms with E-state index in [2.05, 4.69) is 41.9 Å². The number of fused-ring (bicyclic) bond motifs is 1. The second-order valence-electron chi connectivity index (χ2n) is 15.6. The predicted octanol–water partition coefficient (Wildman–Crippen LogP) is 8.41. The Morgan fingerprint density at radius 3 is 2.44 bits per heavy atom. The van der Waals surface area contributed by atoms with Crippen LogP contribution in [0, 0.1) is 0 Å². The molecule has 0 spiro atoms. The Morgan fingerprint density at radius 1 is 1.00 bits per heavy atom. The van der Waals surface area contributed by atoms with E-state index in [0.717, 1.165) is 68.5 Å². The molecule has 2 N–H and O–H groups in total. The number of esters is 1. The van der Waals surface area contributed by atoms with Crippen molar-refractivity contribution in [2.75, 3.05) is 94.4 Å². The van der Waals surface area contributed by atoms with Crippen LogP contribution in [0.3, 0.4) is 0 Å². The summed E-state index contributed by atoms with van der Waals surface area (Å²) in [6.07, 6.45) is -2.60. The molecule has 5 aromatic rings. The number of hydrogen-bond donors (Lipinski definition) is 2. The summed E-state index contributed by atoms with van der Waals surface area (Å²) < 4.78 is 86.0. The highest BCUT2D eigenvalue weighted by molar-refractivity contribution is 7.99. The smallest absolute Gasteiger partial charge is 0.418 e. The average molecular weight is 925 g/mol. The molecule has 0 bridgehead atoms. The number of benzene rings is 4. The van der Waals surface area contributed by atoms with E-state index in [1.807, 2.05) is 73.6 Å². The quantitative estimate of drug-likeness (QED) is 0.0729. The molecular weight excluding hydrogens is 875 g/mol. The number of piperazine rings is 1. The summed E-state index contributed by atoms with van der Waals surface area (Å²) in [5.41, 5.74) is 2.57. The molecule has 1 aromatic heterocycles. The summed E-state index contributed by atoms with van der Waals surface area (Å²) in [6.45, 7) is 5.65. The lowest BCUT2D eigenvalue weighted by atomic mass is 9.95. The zero-order valence-corrected chi connectivity index (χ0v) is 37.5. The van der Waals surface area contributed by atoms with E-state index in [9.17, 15) is 26.4 Å². The molecule has 63 heavy (non-hydrogen) atoms. The van der Waals surface area contributed by atoms with Crippen LogP contribution in [0.15, 0.2) is 107 Å². The Morgan fingerprint density at radius 2 is 1.75 bits per heavy atom. The third kappa shape index (κ3) is 11.6. The van der Waals surface area contributed by atoms with Crippen LogP contribution in [0.4, 0.5) is 30.4 Å². The van der Waals surface area contributed by atoms with Crippen molar-refractivity contribution in [3.63, 3.8) is 0 Å². The molecule has 1 saturated heterocycles. The molecular formula is C45H49ClF3N7O5S2. The highest BCUT2D eigenvalue weighted by Gasteiger charge is 2.39. The summed E-state index contributed by atoms with van der Waals surface area (Å²) in [4.78, 5) is 28.4. The van der Waals surface area contributed by atoms with Crippen LogP contribution in [0.1, 0.15) is 34.3 Å². The fourth-order valence-corrected chi connectivity index (χ4v) is 9.87. The van der Waals surface area contributed by atoms with Crippen molar-refractivity contribution in [2.24, 2.45) is 0 Å². The number of rotatable bonds is 16. The SMILES string of the molecule is COC(=O)c1cc(S(=O)(=O)Nc2ncnc3cc(N4CCN(CC5=C(c6ccc(Cl)cc6)CCOC5)CC4)ccc23)cc(C(F)(F)F)c1NC(CCN(C)C)CSc1ccccc1. The Hall–Kier alpha value is -4.91. The minimum atomic E-state index is -5.05. The molecule has 1 fully saturated rings. The molecule has 2 aliphatic rings. The van der Waals surface area contributed by atoms with Gasteiger partial charge in [0.2, 0.25) is 0 Å². The topological polar surface area (TPSA) is 129 Å². The molecule has 0 radical (unpaired) electrons. The first-order valence-electron chi connectivity index (χ1n) is 20.4. The highest BCUT2D eigenvalue weighted by atomic mass is 35.5.